The largest absolute Gasteiger partial charge is 0.321 e. The Morgan fingerprint density at radius 1 is 1.11 bits per heavy atom. The fraction of sp³-hybridized carbons (Fsp3) is 0. The smallest absolute Gasteiger partial charge is 0.288 e. The molecule has 0 aliphatic carbocycles. The van der Waals surface area contributed by atoms with Crippen LogP contribution in [0.4, 0.5) is 11.4 Å². The van der Waals surface area contributed by atoms with Crippen molar-refractivity contribution in [3.63, 3.8) is 0 Å². The van der Waals surface area contributed by atoms with Crippen LogP contribution in [0.5, 0.6) is 0 Å². The minimum Gasteiger partial charge on any atom is -0.321 e. The molecule has 4 rings (SSSR count). The van der Waals surface area contributed by atoms with E-state index in [1.54, 1.807) is 12.1 Å². The molecular formula is C20H13ClN4O3. The van der Waals surface area contributed by atoms with Gasteiger partial charge in [-0.3, -0.25) is 14.9 Å². The minimum absolute atomic E-state index is 0.0216. The molecule has 0 fully saturated rings. The number of para-hydroxylation sites is 1. The third-order valence-corrected chi connectivity index (χ3v) is 4.54. The number of halogens is 1. The zero-order valence-electron chi connectivity index (χ0n) is 14.4. The molecule has 0 atom stereocenters. The third kappa shape index (κ3) is 3.30. The molecule has 0 radical (unpaired) electrons. The summed E-state index contributed by atoms with van der Waals surface area (Å²) in [5, 5.41) is 13.8. The number of carbonyl (C=O) groups excluding carboxylic acids is 1. The number of anilines is 1. The van der Waals surface area contributed by atoms with E-state index in [0.29, 0.717) is 11.4 Å². The second kappa shape index (κ2) is 7.13. The van der Waals surface area contributed by atoms with Crippen LogP contribution in [-0.2, 0) is 0 Å². The zero-order valence-corrected chi connectivity index (χ0v) is 15.1. The Balaban J connectivity index is 1.68. The molecule has 0 unspecified atom stereocenters. The Morgan fingerprint density at radius 2 is 1.89 bits per heavy atom. The lowest BCUT2D eigenvalue weighted by Crippen LogP contribution is -2.13. The molecule has 1 amide bonds. The van der Waals surface area contributed by atoms with Gasteiger partial charge >= 0.3 is 0 Å². The first-order valence-electron chi connectivity index (χ1n) is 8.31. The highest BCUT2D eigenvalue weighted by Gasteiger charge is 2.18. The van der Waals surface area contributed by atoms with Crippen LogP contribution in [0.15, 0.2) is 73.1 Å². The Kier molecular flexibility index (Phi) is 4.50. The average molecular weight is 393 g/mol. The van der Waals surface area contributed by atoms with Crippen molar-refractivity contribution in [1.29, 1.82) is 0 Å². The molecule has 0 saturated heterocycles. The number of pyridine rings is 1. The minimum atomic E-state index is -0.621. The molecule has 1 N–H and O–H groups in total. The van der Waals surface area contributed by atoms with Gasteiger partial charge in [-0.1, -0.05) is 35.9 Å². The molecule has 4 aromatic rings. The average Bonchev–Trinajstić information content (AvgIpc) is 3.12. The summed E-state index contributed by atoms with van der Waals surface area (Å²) in [6, 6.07) is 16.9. The van der Waals surface area contributed by atoms with Crippen molar-refractivity contribution < 1.29 is 9.72 Å². The number of nitrogens with one attached hydrogen (secondary N) is 1. The van der Waals surface area contributed by atoms with Gasteiger partial charge in [0.2, 0.25) is 0 Å². The highest BCUT2D eigenvalue weighted by molar-refractivity contribution is 6.32. The second-order valence-electron chi connectivity index (χ2n) is 6.02. The maximum absolute atomic E-state index is 12.7. The maximum Gasteiger partial charge on any atom is 0.288 e. The molecule has 0 bridgehead atoms. The number of amides is 1. The van der Waals surface area contributed by atoms with Crippen molar-refractivity contribution >= 4 is 34.5 Å². The number of aromatic nitrogens is 2. The normalized spacial score (nSPS) is 10.8. The van der Waals surface area contributed by atoms with E-state index in [1.807, 2.05) is 47.1 Å². The molecular weight excluding hydrogens is 380 g/mol. The van der Waals surface area contributed by atoms with E-state index in [2.05, 4.69) is 10.3 Å². The molecule has 2 aromatic heterocycles. The van der Waals surface area contributed by atoms with Crippen molar-refractivity contribution in [3.05, 3.63) is 93.8 Å². The Hall–Kier alpha value is -3.71. The number of nitro groups is 1. The van der Waals surface area contributed by atoms with Crippen LogP contribution in [0, 0.1) is 10.1 Å². The van der Waals surface area contributed by atoms with E-state index in [-0.39, 0.29) is 16.3 Å². The number of hydrogen-bond donors (Lipinski definition) is 1. The van der Waals surface area contributed by atoms with Crippen molar-refractivity contribution in [3.8, 4) is 11.3 Å². The van der Waals surface area contributed by atoms with Crippen molar-refractivity contribution in [2.24, 2.45) is 0 Å². The molecule has 138 valence electrons. The van der Waals surface area contributed by atoms with E-state index in [9.17, 15) is 14.9 Å². The van der Waals surface area contributed by atoms with E-state index >= 15 is 0 Å². The van der Waals surface area contributed by atoms with Gasteiger partial charge < -0.3 is 9.72 Å². The number of carbonyl (C=O) groups is 1. The van der Waals surface area contributed by atoms with Crippen LogP contribution in [-0.4, -0.2) is 20.2 Å². The first-order chi connectivity index (χ1) is 13.5. The summed E-state index contributed by atoms with van der Waals surface area (Å²) in [5.74, 6) is -0.476. The highest BCUT2D eigenvalue weighted by Crippen LogP contribution is 2.29. The summed E-state index contributed by atoms with van der Waals surface area (Å²) in [7, 11) is 0. The van der Waals surface area contributed by atoms with Crippen LogP contribution in [0.25, 0.3) is 16.9 Å². The molecule has 2 aromatic carbocycles. The van der Waals surface area contributed by atoms with Gasteiger partial charge in [0.25, 0.3) is 11.6 Å². The van der Waals surface area contributed by atoms with E-state index < -0.39 is 10.8 Å². The Bertz CT molecular complexity index is 1190. The van der Waals surface area contributed by atoms with Gasteiger partial charge in [0, 0.05) is 29.6 Å². The van der Waals surface area contributed by atoms with Gasteiger partial charge in [-0.15, -0.1) is 0 Å². The van der Waals surface area contributed by atoms with Gasteiger partial charge in [0.05, 0.1) is 16.3 Å². The van der Waals surface area contributed by atoms with Gasteiger partial charge in [0.1, 0.15) is 10.7 Å². The molecule has 0 spiro atoms. The van der Waals surface area contributed by atoms with Crippen molar-refractivity contribution in [2.45, 2.75) is 0 Å². The molecule has 2 heterocycles. The maximum atomic E-state index is 12.7. The number of fused-ring (bicyclic) bond motifs is 1. The van der Waals surface area contributed by atoms with Crippen LogP contribution in [0.1, 0.15) is 10.4 Å². The van der Waals surface area contributed by atoms with E-state index in [1.165, 1.54) is 12.1 Å². The topological polar surface area (TPSA) is 89.5 Å². The molecule has 0 aliphatic rings. The van der Waals surface area contributed by atoms with Crippen LogP contribution in [0.2, 0.25) is 5.02 Å². The van der Waals surface area contributed by atoms with Gasteiger partial charge in [0.15, 0.2) is 0 Å². The fourth-order valence-corrected chi connectivity index (χ4v) is 3.05. The second-order valence-corrected chi connectivity index (χ2v) is 6.42. The molecule has 0 aliphatic heterocycles. The molecule has 7 nitrogen and oxygen atoms in total. The monoisotopic (exact) mass is 392 g/mol. The summed E-state index contributed by atoms with van der Waals surface area (Å²) in [6.45, 7) is 0. The Morgan fingerprint density at radius 3 is 2.68 bits per heavy atom. The number of benzene rings is 2. The predicted octanol–water partition coefficient (Wildman–Crippen LogP) is 4.82. The summed E-state index contributed by atoms with van der Waals surface area (Å²) in [6.07, 6.45) is 3.76. The first kappa shape index (κ1) is 17.7. The standard InChI is InChI=1S/C20H13ClN4O3/c21-15-9-8-13(11-18(15)25(27)28)20(26)23-16-6-2-1-5-14(16)17-12-24-10-4-3-7-19(24)22-17/h1-12H,(H,23,26). The summed E-state index contributed by atoms with van der Waals surface area (Å²) >= 11 is 5.82. The van der Waals surface area contributed by atoms with Gasteiger partial charge in [-0.25, -0.2) is 4.98 Å². The lowest BCUT2D eigenvalue weighted by Gasteiger charge is -2.09. The van der Waals surface area contributed by atoms with Crippen molar-refractivity contribution in [2.75, 3.05) is 5.32 Å². The lowest BCUT2D eigenvalue weighted by atomic mass is 10.1. The van der Waals surface area contributed by atoms with Crippen LogP contribution in [0.3, 0.4) is 0 Å². The van der Waals surface area contributed by atoms with E-state index in [0.717, 1.165) is 17.3 Å². The first-order valence-corrected chi connectivity index (χ1v) is 8.69. The number of imidazole rings is 1. The summed E-state index contributed by atoms with van der Waals surface area (Å²) in [4.78, 5) is 27.7. The number of rotatable bonds is 4. The van der Waals surface area contributed by atoms with Crippen molar-refractivity contribution in [1.82, 2.24) is 9.38 Å². The number of hydrogen-bond acceptors (Lipinski definition) is 4. The quantitative estimate of drug-likeness (QED) is 0.398. The molecule has 8 heteroatoms. The summed E-state index contributed by atoms with van der Waals surface area (Å²) < 4.78 is 1.89. The zero-order chi connectivity index (χ0) is 19.7. The summed E-state index contributed by atoms with van der Waals surface area (Å²) in [5.41, 5.74) is 2.59. The third-order valence-electron chi connectivity index (χ3n) is 4.22. The van der Waals surface area contributed by atoms with Crippen LogP contribution < -0.4 is 5.32 Å². The lowest BCUT2D eigenvalue weighted by molar-refractivity contribution is -0.384. The van der Waals surface area contributed by atoms with Gasteiger partial charge in [-0.05, 0) is 30.3 Å². The molecule has 28 heavy (non-hydrogen) atoms. The fourth-order valence-electron chi connectivity index (χ4n) is 2.87. The Labute approximate surface area is 164 Å². The number of nitrogens with zero attached hydrogens (tertiary/aromatic N) is 3. The predicted molar refractivity (Wildman–Crippen MR) is 107 cm³/mol. The van der Waals surface area contributed by atoms with Crippen LogP contribution >= 0.6 is 11.6 Å². The molecule has 0 saturated carbocycles. The van der Waals surface area contributed by atoms with Gasteiger partial charge in [-0.2, -0.15) is 0 Å². The number of nitro benzene ring substituents is 1. The SMILES string of the molecule is O=C(Nc1ccccc1-c1cn2ccccc2n1)c1ccc(Cl)c([N+](=O)[O-])c1. The highest BCUT2D eigenvalue weighted by atomic mass is 35.5. The van der Waals surface area contributed by atoms with E-state index in [4.69, 9.17) is 11.6 Å².